The normalized spacial score (nSPS) is 24.6. The number of likely N-dealkylation sites (tertiary alicyclic amines) is 1. The molecule has 2 rings (SSSR count). The number of nitrogens with one attached hydrogen (secondary N) is 1. The molecule has 0 spiro atoms. The molecule has 1 aromatic rings. The number of halogens is 1. The fraction of sp³-hybridized carbons (Fsp3) is 0.533. The molecule has 0 saturated carbocycles. The van der Waals surface area contributed by atoms with E-state index in [4.69, 9.17) is 17.3 Å². The van der Waals surface area contributed by atoms with E-state index in [0.717, 1.165) is 25.1 Å². The second-order valence-corrected chi connectivity index (χ2v) is 6.10. The molecule has 1 aliphatic rings. The van der Waals surface area contributed by atoms with Gasteiger partial charge in [-0.05, 0) is 37.6 Å². The lowest BCUT2D eigenvalue weighted by molar-refractivity contribution is -0.129. The Morgan fingerprint density at radius 1 is 1.60 bits per heavy atom. The highest BCUT2D eigenvalue weighted by Gasteiger charge is 2.41. The van der Waals surface area contributed by atoms with E-state index in [1.165, 1.54) is 0 Å². The Hall–Kier alpha value is -1.10. The number of rotatable bonds is 4. The quantitative estimate of drug-likeness (QED) is 0.890. The highest BCUT2D eigenvalue weighted by molar-refractivity contribution is 6.30. The molecule has 4 nitrogen and oxygen atoms in total. The number of nitrogens with zero attached hydrogens (tertiary/aromatic N) is 1. The molecule has 0 radical (unpaired) electrons. The van der Waals surface area contributed by atoms with Crippen molar-refractivity contribution in [3.05, 3.63) is 34.9 Å². The van der Waals surface area contributed by atoms with Gasteiger partial charge in [0.05, 0.1) is 5.41 Å². The molecule has 1 fully saturated rings. The van der Waals surface area contributed by atoms with Gasteiger partial charge in [-0.2, -0.15) is 0 Å². The first-order valence-electron chi connectivity index (χ1n) is 6.92. The van der Waals surface area contributed by atoms with Crippen LogP contribution in [0.2, 0.25) is 5.02 Å². The molecule has 1 saturated heterocycles. The van der Waals surface area contributed by atoms with Gasteiger partial charge < -0.3 is 11.1 Å². The smallest absolute Gasteiger partial charge is 0.227 e. The first-order valence-corrected chi connectivity index (χ1v) is 7.30. The zero-order valence-electron chi connectivity index (χ0n) is 12.0. The molecule has 0 aromatic heterocycles. The molecule has 1 heterocycles. The van der Waals surface area contributed by atoms with Crippen molar-refractivity contribution in [1.29, 1.82) is 0 Å². The minimum Gasteiger partial charge on any atom is -0.359 e. The van der Waals surface area contributed by atoms with Gasteiger partial charge in [-0.15, -0.1) is 0 Å². The first-order chi connectivity index (χ1) is 9.50. The summed E-state index contributed by atoms with van der Waals surface area (Å²) in [6.07, 6.45) is 0.851. The summed E-state index contributed by atoms with van der Waals surface area (Å²) in [6.45, 7) is 4.13. The summed E-state index contributed by atoms with van der Waals surface area (Å²) in [4.78, 5) is 14.3. The van der Waals surface area contributed by atoms with Gasteiger partial charge >= 0.3 is 0 Å². The van der Waals surface area contributed by atoms with Crippen molar-refractivity contribution in [3.63, 3.8) is 0 Å². The van der Waals surface area contributed by atoms with Crippen LogP contribution >= 0.6 is 11.6 Å². The SMILES string of the molecule is CNC(=O)C1(C)CCN(C(CN)c2cccc(Cl)c2)C1. The maximum Gasteiger partial charge on any atom is 0.227 e. The average molecular weight is 296 g/mol. The third kappa shape index (κ3) is 2.97. The molecule has 1 amide bonds. The highest BCUT2D eigenvalue weighted by Crippen LogP contribution is 2.35. The predicted molar refractivity (Wildman–Crippen MR) is 81.6 cm³/mol. The fourth-order valence-electron chi connectivity index (χ4n) is 2.96. The van der Waals surface area contributed by atoms with Crippen LogP contribution in [0, 0.1) is 5.41 Å². The van der Waals surface area contributed by atoms with Crippen molar-refractivity contribution in [2.75, 3.05) is 26.7 Å². The third-order valence-corrected chi connectivity index (χ3v) is 4.41. The molecular weight excluding hydrogens is 274 g/mol. The Bertz CT molecular complexity index is 494. The number of nitrogens with two attached hydrogens (primary N) is 1. The molecule has 110 valence electrons. The molecule has 5 heteroatoms. The minimum atomic E-state index is -0.333. The Kier molecular flexibility index (Phi) is 4.68. The van der Waals surface area contributed by atoms with Crippen LogP contribution in [0.5, 0.6) is 0 Å². The van der Waals surface area contributed by atoms with Gasteiger partial charge in [-0.3, -0.25) is 9.69 Å². The van der Waals surface area contributed by atoms with Gasteiger partial charge in [0.2, 0.25) is 5.91 Å². The Labute approximate surface area is 125 Å². The fourth-order valence-corrected chi connectivity index (χ4v) is 3.16. The second-order valence-electron chi connectivity index (χ2n) is 5.67. The van der Waals surface area contributed by atoms with Crippen molar-refractivity contribution < 1.29 is 4.79 Å². The molecule has 2 unspecified atom stereocenters. The topological polar surface area (TPSA) is 58.4 Å². The average Bonchev–Trinajstić information content (AvgIpc) is 2.82. The van der Waals surface area contributed by atoms with Gasteiger partial charge in [-0.1, -0.05) is 23.7 Å². The molecule has 1 aromatic carbocycles. The van der Waals surface area contributed by atoms with E-state index in [-0.39, 0.29) is 17.4 Å². The first kappa shape index (κ1) is 15.3. The highest BCUT2D eigenvalue weighted by atomic mass is 35.5. The summed E-state index contributed by atoms with van der Waals surface area (Å²) >= 11 is 6.06. The van der Waals surface area contributed by atoms with Crippen molar-refractivity contribution in [3.8, 4) is 0 Å². The number of hydrogen-bond donors (Lipinski definition) is 2. The van der Waals surface area contributed by atoms with Crippen LogP contribution < -0.4 is 11.1 Å². The summed E-state index contributed by atoms with van der Waals surface area (Å²) in [7, 11) is 1.69. The van der Waals surface area contributed by atoms with E-state index in [9.17, 15) is 4.79 Å². The number of benzene rings is 1. The van der Waals surface area contributed by atoms with Gasteiger partial charge in [0.15, 0.2) is 0 Å². The number of carbonyl (C=O) groups excluding carboxylic acids is 1. The standard InChI is InChI=1S/C15H22ClN3O/c1-15(14(20)18-2)6-7-19(10-15)13(9-17)11-4-3-5-12(16)8-11/h3-5,8,13H,6-7,9-10,17H2,1-2H3,(H,18,20). The second kappa shape index (κ2) is 6.12. The van der Waals surface area contributed by atoms with E-state index in [2.05, 4.69) is 10.2 Å². The summed E-state index contributed by atoms with van der Waals surface area (Å²) in [5.41, 5.74) is 6.73. The zero-order chi connectivity index (χ0) is 14.8. The van der Waals surface area contributed by atoms with E-state index < -0.39 is 0 Å². The van der Waals surface area contributed by atoms with Crippen LogP contribution in [0.15, 0.2) is 24.3 Å². The molecular formula is C15H22ClN3O. The Morgan fingerprint density at radius 3 is 2.95 bits per heavy atom. The minimum absolute atomic E-state index is 0.0989. The van der Waals surface area contributed by atoms with Gasteiger partial charge in [0, 0.05) is 31.2 Å². The molecule has 2 atom stereocenters. The summed E-state index contributed by atoms with van der Waals surface area (Å²) in [6, 6.07) is 7.90. The van der Waals surface area contributed by atoms with E-state index >= 15 is 0 Å². The molecule has 20 heavy (non-hydrogen) atoms. The monoisotopic (exact) mass is 295 g/mol. The number of amides is 1. The van der Waals surface area contributed by atoms with Crippen LogP contribution in [0.1, 0.15) is 24.9 Å². The number of carbonyl (C=O) groups is 1. The summed E-state index contributed by atoms with van der Waals surface area (Å²) in [5, 5.41) is 3.47. The van der Waals surface area contributed by atoms with Gasteiger partial charge in [0.1, 0.15) is 0 Å². The largest absolute Gasteiger partial charge is 0.359 e. The summed E-state index contributed by atoms with van der Waals surface area (Å²) < 4.78 is 0. The van der Waals surface area contributed by atoms with E-state index in [1.54, 1.807) is 7.05 Å². The van der Waals surface area contributed by atoms with Crippen molar-refractivity contribution in [2.45, 2.75) is 19.4 Å². The Balaban J connectivity index is 2.17. The van der Waals surface area contributed by atoms with E-state index in [0.29, 0.717) is 11.6 Å². The number of hydrogen-bond acceptors (Lipinski definition) is 3. The lowest BCUT2D eigenvalue weighted by Gasteiger charge is -2.29. The van der Waals surface area contributed by atoms with Crippen molar-refractivity contribution in [2.24, 2.45) is 11.1 Å². The van der Waals surface area contributed by atoms with Crippen LogP contribution in [0.4, 0.5) is 0 Å². The predicted octanol–water partition coefficient (Wildman–Crippen LogP) is 1.80. The Morgan fingerprint density at radius 2 is 2.35 bits per heavy atom. The van der Waals surface area contributed by atoms with Gasteiger partial charge in [-0.25, -0.2) is 0 Å². The molecule has 0 bridgehead atoms. The molecule has 0 aliphatic carbocycles. The van der Waals surface area contributed by atoms with Crippen LogP contribution in [-0.4, -0.2) is 37.5 Å². The van der Waals surface area contributed by atoms with Crippen LogP contribution in [-0.2, 0) is 4.79 Å². The maximum absolute atomic E-state index is 12.0. The van der Waals surface area contributed by atoms with Crippen LogP contribution in [0.25, 0.3) is 0 Å². The van der Waals surface area contributed by atoms with Crippen molar-refractivity contribution in [1.82, 2.24) is 10.2 Å². The lowest BCUT2D eigenvalue weighted by atomic mass is 9.89. The third-order valence-electron chi connectivity index (χ3n) is 4.18. The zero-order valence-corrected chi connectivity index (χ0v) is 12.8. The van der Waals surface area contributed by atoms with Crippen molar-refractivity contribution >= 4 is 17.5 Å². The summed E-state index contributed by atoms with van der Waals surface area (Å²) in [5.74, 6) is 0.0989. The molecule has 3 N–H and O–H groups in total. The van der Waals surface area contributed by atoms with Crippen LogP contribution in [0.3, 0.4) is 0 Å². The lowest BCUT2D eigenvalue weighted by Crippen LogP contribution is -2.40. The molecule has 1 aliphatic heterocycles. The van der Waals surface area contributed by atoms with E-state index in [1.807, 2.05) is 31.2 Å². The maximum atomic E-state index is 12.0. The van der Waals surface area contributed by atoms with Gasteiger partial charge in [0.25, 0.3) is 0 Å².